The number of ether oxygens (including phenoxy) is 1. The zero-order chi connectivity index (χ0) is 14.7. The van der Waals surface area contributed by atoms with Gasteiger partial charge in [0.15, 0.2) is 0 Å². The molecule has 1 heterocycles. The Kier molecular flexibility index (Phi) is 4.74. The van der Waals surface area contributed by atoms with Crippen molar-refractivity contribution in [2.45, 2.75) is 19.6 Å². The lowest BCUT2D eigenvalue weighted by Crippen LogP contribution is -2.01. The Balaban J connectivity index is 2.20. The zero-order valence-corrected chi connectivity index (χ0v) is 13.0. The number of rotatable bonds is 5. The van der Waals surface area contributed by atoms with Gasteiger partial charge in [-0.05, 0) is 35.0 Å². The smallest absolute Gasteiger partial charge is 0.270 e. The van der Waals surface area contributed by atoms with Crippen LogP contribution in [0.4, 0.5) is 5.69 Å². The molecular weight excluding hydrogens is 346 g/mol. The third kappa shape index (κ3) is 3.56. The Morgan fingerprint density at radius 1 is 1.50 bits per heavy atom. The summed E-state index contributed by atoms with van der Waals surface area (Å²) in [5, 5.41) is 22.4. The van der Waals surface area contributed by atoms with Gasteiger partial charge < -0.3 is 9.84 Å². The first-order valence-corrected chi connectivity index (χ1v) is 7.46. The molecule has 7 heteroatoms. The molecule has 106 valence electrons. The normalized spacial score (nSPS) is 12.2. The SMILES string of the molecule is CC(O)c1cc([N+](=O)[O-])ccc1OCc1cc(Br)cs1. The highest BCUT2D eigenvalue weighted by molar-refractivity contribution is 9.10. The third-order valence-electron chi connectivity index (χ3n) is 2.65. The second-order valence-corrected chi connectivity index (χ2v) is 6.09. The maximum atomic E-state index is 10.7. The predicted octanol–water partition coefficient (Wildman–Crippen LogP) is 4.05. The fourth-order valence-electron chi connectivity index (χ4n) is 1.69. The maximum absolute atomic E-state index is 10.7. The minimum Gasteiger partial charge on any atom is -0.488 e. The minimum absolute atomic E-state index is 0.0629. The summed E-state index contributed by atoms with van der Waals surface area (Å²) in [4.78, 5) is 11.3. The Morgan fingerprint density at radius 3 is 2.80 bits per heavy atom. The molecule has 0 bridgehead atoms. The van der Waals surface area contributed by atoms with Gasteiger partial charge in [0.05, 0.1) is 11.0 Å². The maximum Gasteiger partial charge on any atom is 0.270 e. The number of aliphatic hydroxyl groups is 1. The second kappa shape index (κ2) is 6.34. The van der Waals surface area contributed by atoms with Crippen LogP contribution in [0.15, 0.2) is 34.1 Å². The van der Waals surface area contributed by atoms with Gasteiger partial charge in [-0.25, -0.2) is 0 Å². The standard InChI is InChI=1S/C13H12BrNO4S/c1-8(16)12-5-10(15(17)18)2-3-13(12)19-6-11-4-9(14)7-20-11/h2-5,7-8,16H,6H2,1H3. The summed E-state index contributed by atoms with van der Waals surface area (Å²) in [7, 11) is 0. The lowest BCUT2D eigenvalue weighted by Gasteiger charge is -2.12. The molecule has 0 aliphatic heterocycles. The van der Waals surface area contributed by atoms with Crippen molar-refractivity contribution < 1.29 is 14.8 Å². The van der Waals surface area contributed by atoms with Gasteiger partial charge in [0, 0.05) is 32.4 Å². The molecular formula is C13H12BrNO4S. The second-order valence-electron chi connectivity index (χ2n) is 4.18. The molecule has 20 heavy (non-hydrogen) atoms. The average molecular weight is 358 g/mol. The largest absolute Gasteiger partial charge is 0.488 e. The van der Waals surface area contributed by atoms with Crippen molar-refractivity contribution in [1.82, 2.24) is 0 Å². The number of thiophene rings is 1. The molecule has 1 N–H and O–H groups in total. The van der Waals surface area contributed by atoms with Crippen LogP contribution < -0.4 is 4.74 Å². The van der Waals surface area contributed by atoms with Gasteiger partial charge in [-0.2, -0.15) is 0 Å². The van der Waals surface area contributed by atoms with Crippen LogP contribution in [0, 0.1) is 10.1 Å². The quantitative estimate of drug-likeness (QED) is 0.646. The van der Waals surface area contributed by atoms with E-state index in [1.165, 1.54) is 18.2 Å². The van der Waals surface area contributed by atoms with Crippen molar-refractivity contribution in [2.24, 2.45) is 0 Å². The van der Waals surface area contributed by atoms with Crippen molar-refractivity contribution in [2.75, 3.05) is 0 Å². The highest BCUT2D eigenvalue weighted by atomic mass is 79.9. The first-order valence-electron chi connectivity index (χ1n) is 5.79. The minimum atomic E-state index is -0.833. The Hall–Kier alpha value is -1.44. The molecule has 0 aliphatic rings. The summed E-state index contributed by atoms with van der Waals surface area (Å²) in [5.74, 6) is 0.454. The van der Waals surface area contributed by atoms with E-state index >= 15 is 0 Å². The summed E-state index contributed by atoms with van der Waals surface area (Å²) in [6.07, 6.45) is -0.833. The van der Waals surface area contributed by atoms with E-state index in [4.69, 9.17) is 4.74 Å². The predicted molar refractivity (Wildman–Crippen MR) is 80.1 cm³/mol. The van der Waals surface area contributed by atoms with E-state index in [0.29, 0.717) is 17.9 Å². The molecule has 0 fully saturated rings. The topological polar surface area (TPSA) is 72.6 Å². The van der Waals surface area contributed by atoms with Gasteiger partial charge in [0.25, 0.3) is 5.69 Å². The molecule has 0 radical (unpaired) electrons. The van der Waals surface area contributed by atoms with E-state index in [9.17, 15) is 15.2 Å². The Labute approximate surface area is 128 Å². The summed E-state index contributed by atoms with van der Waals surface area (Å²) in [6, 6.07) is 6.16. The van der Waals surface area contributed by atoms with Crippen molar-refractivity contribution >= 4 is 33.0 Å². The van der Waals surface area contributed by atoms with Crippen LogP contribution in [0.3, 0.4) is 0 Å². The van der Waals surface area contributed by atoms with Gasteiger partial charge in [-0.15, -0.1) is 11.3 Å². The van der Waals surface area contributed by atoms with Crippen LogP contribution in [-0.4, -0.2) is 10.0 Å². The molecule has 2 rings (SSSR count). The molecule has 5 nitrogen and oxygen atoms in total. The molecule has 0 saturated carbocycles. The molecule has 0 aliphatic carbocycles. The Bertz CT molecular complexity index is 627. The van der Waals surface area contributed by atoms with Crippen LogP contribution in [-0.2, 0) is 6.61 Å². The Morgan fingerprint density at radius 2 is 2.25 bits per heavy atom. The average Bonchev–Trinajstić information content (AvgIpc) is 2.81. The van der Waals surface area contributed by atoms with Crippen LogP contribution in [0.5, 0.6) is 5.75 Å². The van der Waals surface area contributed by atoms with E-state index in [2.05, 4.69) is 15.9 Å². The van der Waals surface area contributed by atoms with Crippen LogP contribution in [0.1, 0.15) is 23.5 Å². The first kappa shape index (κ1) is 15.0. The molecule has 0 saturated heterocycles. The van der Waals surface area contributed by atoms with Crippen LogP contribution in [0.25, 0.3) is 0 Å². The fourth-order valence-corrected chi connectivity index (χ4v) is 3.05. The van der Waals surface area contributed by atoms with Gasteiger partial charge in [0.2, 0.25) is 0 Å². The number of nitro groups is 1. The third-order valence-corrected chi connectivity index (χ3v) is 4.32. The monoisotopic (exact) mass is 357 g/mol. The van der Waals surface area contributed by atoms with Gasteiger partial charge in [-0.3, -0.25) is 10.1 Å². The molecule has 1 aromatic heterocycles. The molecule has 1 unspecified atom stereocenters. The van der Waals surface area contributed by atoms with Gasteiger partial charge in [-0.1, -0.05) is 0 Å². The van der Waals surface area contributed by atoms with Crippen molar-refractivity contribution in [1.29, 1.82) is 0 Å². The van der Waals surface area contributed by atoms with Crippen LogP contribution >= 0.6 is 27.3 Å². The first-order chi connectivity index (χ1) is 9.47. The number of hydrogen-bond donors (Lipinski definition) is 1. The van der Waals surface area contributed by atoms with Crippen LogP contribution in [0.2, 0.25) is 0 Å². The van der Waals surface area contributed by atoms with Crippen molar-refractivity contribution in [3.63, 3.8) is 0 Å². The molecule has 0 amide bonds. The fraction of sp³-hybridized carbons (Fsp3) is 0.231. The number of hydrogen-bond acceptors (Lipinski definition) is 5. The molecule has 1 atom stereocenters. The number of halogens is 1. The molecule has 0 spiro atoms. The summed E-state index contributed by atoms with van der Waals surface area (Å²) >= 11 is 4.91. The number of benzene rings is 1. The summed E-state index contributed by atoms with van der Waals surface area (Å²) in [5.41, 5.74) is 0.349. The van der Waals surface area contributed by atoms with E-state index in [0.717, 1.165) is 9.35 Å². The molecule has 2 aromatic rings. The summed E-state index contributed by atoms with van der Waals surface area (Å²) in [6.45, 7) is 1.90. The zero-order valence-electron chi connectivity index (χ0n) is 10.6. The number of aliphatic hydroxyl groups excluding tert-OH is 1. The van der Waals surface area contributed by atoms with E-state index in [1.807, 2.05) is 11.4 Å². The lowest BCUT2D eigenvalue weighted by molar-refractivity contribution is -0.385. The number of nitrogens with zero attached hydrogens (tertiary/aromatic N) is 1. The number of non-ortho nitro benzene ring substituents is 1. The van der Waals surface area contributed by atoms with E-state index in [-0.39, 0.29) is 5.69 Å². The number of nitro benzene ring substituents is 1. The van der Waals surface area contributed by atoms with Gasteiger partial charge in [0.1, 0.15) is 12.4 Å². The van der Waals surface area contributed by atoms with E-state index in [1.54, 1.807) is 18.3 Å². The van der Waals surface area contributed by atoms with E-state index < -0.39 is 11.0 Å². The van der Waals surface area contributed by atoms with Crippen molar-refractivity contribution in [3.05, 3.63) is 54.7 Å². The molecule has 1 aromatic carbocycles. The highest BCUT2D eigenvalue weighted by Gasteiger charge is 2.15. The van der Waals surface area contributed by atoms with Crippen molar-refractivity contribution in [3.8, 4) is 5.75 Å². The lowest BCUT2D eigenvalue weighted by atomic mass is 10.1. The van der Waals surface area contributed by atoms with Gasteiger partial charge >= 0.3 is 0 Å². The highest BCUT2D eigenvalue weighted by Crippen LogP contribution is 2.30. The summed E-state index contributed by atoms with van der Waals surface area (Å²) < 4.78 is 6.63.